The highest BCUT2D eigenvalue weighted by atomic mass is 32.2. The molecule has 148 valence electrons. The van der Waals surface area contributed by atoms with Gasteiger partial charge in [-0.25, -0.2) is 12.8 Å². The fourth-order valence-electron chi connectivity index (χ4n) is 3.12. The van der Waals surface area contributed by atoms with Crippen molar-refractivity contribution < 1.29 is 17.6 Å². The lowest BCUT2D eigenvalue weighted by molar-refractivity contribution is 0.0954. The van der Waals surface area contributed by atoms with Crippen LogP contribution in [0.3, 0.4) is 0 Å². The van der Waals surface area contributed by atoms with Crippen LogP contribution in [0.1, 0.15) is 42.5 Å². The highest BCUT2D eigenvalue weighted by Crippen LogP contribution is 2.21. The van der Waals surface area contributed by atoms with Gasteiger partial charge in [0, 0.05) is 12.1 Å². The minimum atomic E-state index is -4.01. The summed E-state index contributed by atoms with van der Waals surface area (Å²) in [6.45, 7) is 0.509. The summed E-state index contributed by atoms with van der Waals surface area (Å²) in [4.78, 5) is 12.3. The number of hydrogen-bond acceptors (Lipinski definition) is 3. The van der Waals surface area contributed by atoms with Gasteiger partial charge in [-0.3, -0.25) is 9.52 Å². The summed E-state index contributed by atoms with van der Waals surface area (Å²) in [5.41, 5.74) is 1.46. The fourth-order valence-corrected chi connectivity index (χ4v) is 4.24. The Balaban J connectivity index is 1.66. The van der Waals surface area contributed by atoms with Gasteiger partial charge in [0.05, 0.1) is 10.6 Å². The van der Waals surface area contributed by atoms with E-state index in [2.05, 4.69) is 16.1 Å². The molecule has 0 unspecified atom stereocenters. The van der Waals surface area contributed by atoms with Crippen molar-refractivity contribution >= 4 is 21.6 Å². The molecule has 0 fully saturated rings. The van der Waals surface area contributed by atoms with E-state index in [1.165, 1.54) is 60.9 Å². The first-order valence-electron chi connectivity index (χ1n) is 9.29. The van der Waals surface area contributed by atoms with Crippen LogP contribution in [0.15, 0.2) is 65.1 Å². The summed E-state index contributed by atoms with van der Waals surface area (Å²) < 4.78 is 41.0. The molecule has 0 aromatic heterocycles. The Morgan fingerprint density at radius 1 is 1.07 bits per heavy atom. The van der Waals surface area contributed by atoms with Crippen molar-refractivity contribution in [1.29, 1.82) is 0 Å². The second kappa shape index (κ2) is 9.01. The Bertz CT molecular complexity index is 987. The van der Waals surface area contributed by atoms with Gasteiger partial charge < -0.3 is 5.32 Å². The third-order valence-corrected chi connectivity index (χ3v) is 6.00. The summed E-state index contributed by atoms with van der Waals surface area (Å²) >= 11 is 0. The van der Waals surface area contributed by atoms with Gasteiger partial charge in [0.1, 0.15) is 5.82 Å². The Hall–Kier alpha value is -2.67. The third-order valence-electron chi connectivity index (χ3n) is 4.64. The van der Waals surface area contributed by atoms with E-state index >= 15 is 0 Å². The second-order valence-corrected chi connectivity index (χ2v) is 8.41. The Morgan fingerprint density at radius 2 is 1.89 bits per heavy atom. The largest absolute Gasteiger partial charge is 0.352 e. The van der Waals surface area contributed by atoms with Crippen LogP contribution in [0, 0.1) is 5.82 Å². The zero-order valence-electron chi connectivity index (χ0n) is 15.4. The molecule has 2 aromatic rings. The predicted octanol–water partition coefficient (Wildman–Crippen LogP) is 4.25. The number of sulfonamides is 1. The molecule has 1 aliphatic rings. The third kappa shape index (κ3) is 5.19. The number of hydrogen-bond donors (Lipinski definition) is 2. The zero-order valence-corrected chi connectivity index (χ0v) is 16.3. The van der Waals surface area contributed by atoms with Crippen molar-refractivity contribution in [3.8, 4) is 0 Å². The smallest absolute Gasteiger partial charge is 0.262 e. The summed E-state index contributed by atoms with van der Waals surface area (Å²) in [7, 11) is -4.01. The van der Waals surface area contributed by atoms with Gasteiger partial charge in [-0.05, 0) is 62.4 Å². The topological polar surface area (TPSA) is 75.3 Å². The Labute approximate surface area is 164 Å². The van der Waals surface area contributed by atoms with Crippen molar-refractivity contribution in [2.24, 2.45) is 0 Å². The van der Waals surface area contributed by atoms with Crippen molar-refractivity contribution in [2.75, 3.05) is 11.3 Å². The summed E-state index contributed by atoms with van der Waals surface area (Å²) in [6, 6.07) is 11.2. The van der Waals surface area contributed by atoms with E-state index in [1.54, 1.807) is 6.07 Å². The number of anilines is 1. The zero-order chi connectivity index (χ0) is 20.0. The molecule has 2 aromatic carbocycles. The second-order valence-electron chi connectivity index (χ2n) is 6.73. The van der Waals surface area contributed by atoms with Crippen LogP contribution in [-0.4, -0.2) is 20.9 Å². The lowest BCUT2D eigenvalue weighted by Gasteiger charge is -2.13. The molecule has 0 atom stereocenters. The molecule has 3 rings (SSSR count). The van der Waals surface area contributed by atoms with E-state index < -0.39 is 15.8 Å². The average Bonchev–Trinajstić information content (AvgIpc) is 2.70. The molecule has 28 heavy (non-hydrogen) atoms. The molecule has 0 heterocycles. The molecule has 0 spiro atoms. The van der Waals surface area contributed by atoms with Crippen molar-refractivity contribution in [3.63, 3.8) is 0 Å². The molecule has 0 radical (unpaired) electrons. The monoisotopic (exact) mass is 402 g/mol. The Morgan fingerprint density at radius 3 is 2.64 bits per heavy atom. The van der Waals surface area contributed by atoms with Gasteiger partial charge in [-0.15, -0.1) is 0 Å². The molecular weight excluding hydrogens is 379 g/mol. The molecule has 0 bridgehead atoms. The first kappa shape index (κ1) is 20.1. The molecule has 0 saturated carbocycles. The highest BCUT2D eigenvalue weighted by Gasteiger charge is 2.18. The number of benzene rings is 2. The van der Waals surface area contributed by atoms with Crippen molar-refractivity contribution in [3.05, 3.63) is 71.6 Å². The number of allylic oxidation sites excluding steroid dienone is 1. The number of halogens is 1. The standard InChI is InChI=1S/C21H23FN2O3S/c22-19-11-4-5-12-20(19)24-28(26,27)18-10-6-9-17(15-18)21(25)23-14-13-16-7-2-1-3-8-16/h4-7,9-12,15,24H,1-3,8,13-14H2,(H,23,25). The lowest BCUT2D eigenvalue weighted by atomic mass is 9.97. The maximum absolute atomic E-state index is 13.7. The number of carbonyl (C=O) groups excluding carboxylic acids is 1. The summed E-state index contributed by atoms with van der Waals surface area (Å²) in [6.07, 6.45) is 7.62. The minimum Gasteiger partial charge on any atom is -0.352 e. The van der Waals surface area contributed by atoms with Gasteiger partial charge in [-0.2, -0.15) is 0 Å². The average molecular weight is 402 g/mol. The number of carbonyl (C=O) groups is 1. The molecule has 5 nitrogen and oxygen atoms in total. The quantitative estimate of drug-likeness (QED) is 0.680. The lowest BCUT2D eigenvalue weighted by Crippen LogP contribution is -2.25. The predicted molar refractivity (Wildman–Crippen MR) is 107 cm³/mol. The molecule has 0 aliphatic heterocycles. The van der Waals surface area contributed by atoms with Gasteiger partial charge in [-0.1, -0.05) is 29.8 Å². The summed E-state index contributed by atoms with van der Waals surface area (Å²) in [5.74, 6) is -1.00. The van der Waals surface area contributed by atoms with Crippen LogP contribution >= 0.6 is 0 Å². The first-order valence-corrected chi connectivity index (χ1v) is 10.8. The number of nitrogens with one attached hydrogen (secondary N) is 2. The molecule has 2 N–H and O–H groups in total. The molecule has 1 amide bonds. The number of amides is 1. The van der Waals surface area contributed by atoms with Crippen molar-refractivity contribution in [1.82, 2.24) is 5.32 Å². The molecule has 0 saturated heterocycles. The van der Waals surface area contributed by atoms with Crippen LogP contribution in [0.4, 0.5) is 10.1 Å². The van der Waals surface area contributed by atoms with Crippen LogP contribution < -0.4 is 10.0 Å². The van der Waals surface area contributed by atoms with E-state index in [1.807, 2.05) is 0 Å². The van der Waals surface area contributed by atoms with Crippen LogP contribution in [-0.2, 0) is 10.0 Å². The van der Waals surface area contributed by atoms with E-state index in [4.69, 9.17) is 0 Å². The highest BCUT2D eigenvalue weighted by molar-refractivity contribution is 7.92. The maximum atomic E-state index is 13.7. The van der Waals surface area contributed by atoms with E-state index in [9.17, 15) is 17.6 Å². The first-order chi connectivity index (χ1) is 13.5. The van der Waals surface area contributed by atoms with Crippen LogP contribution in [0.5, 0.6) is 0 Å². The normalized spacial score (nSPS) is 14.2. The van der Waals surface area contributed by atoms with Crippen LogP contribution in [0.25, 0.3) is 0 Å². The van der Waals surface area contributed by atoms with Gasteiger partial charge in [0.2, 0.25) is 0 Å². The van der Waals surface area contributed by atoms with Gasteiger partial charge in [0.15, 0.2) is 0 Å². The minimum absolute atomic E-state index is 0.0987. The summed E-state index contributed by atoms with van der Waals surface area (Å²) in [5, 5.41) is 2.83. The molecule has 1 aliphatic carbocycles. The van der Waals surface area contributed by atoms with Gasteiger partial charge >= 0.3 is 0 Å². The maximum Gasteiger partial charge on any atom is 0.262 e. The molecule has 7 heteroatoms. The van der Waals surface area contributed by atoms with Crippen molar-refractivity contribution in [2.45, 2.75) is 37.0 Å². The Kier molecular flexibility index (Phi) is 6.46. The van der Waals surface area contributed by atoms with Gasteiger partial charge in [0.25, 0.3) is 15.9 Å². The van der Waals surface area contributed by atoms with E-state index in [0.717, 1.165) is 19.3 Å². The van der Waals surface area contributed by atoms with Crippen LogP contribution in [0.2, 0.25) is 0 Å². The fraction of sp³-hybridized carbons (Fsp3) is 0.286. The number of para-hydroxylation sites is 1. The molecular formula is C21H23FN2O3S. The number of rotatable bonds is 7. The van der Waals surface area contributed by atoms with E-state index in [0.29, 0.717) is 6.54 Å². The SMILES string of the molecule is O=C(NCCC1=CCCCC1)c1cccc(S(=O)(=O)Nc2ccccc2F)c1. The van der Waals surface area contributed by atoms with E-state index in [-0.39, 0.29) is 22.1 Å².